The molecular weight excluding hydrogens is 238 g/mol. The van der Waals surface area contributed by atoms with Gasteiger partial charge in [0.2, 0.25) is 0 Å². The second-order valence-electron chi connectivity index (χ2n) is 5.48. The van der Waals surface area contributed by atoms with E-state index in [0.29, 0.717) is 17.9 Å². The Balaban J connectivity index is 1.89. The van der Waals surface area contributed by atoms with Crippen molar-refractivity contribution in [1.82, 2.24) is 0 Å². The molecule has 2 rings (SSSR count). The first-order valence-electron chi connectivity index (χ1n) is 7.29. The first-order chi connectivity index (χ1) is 9.24. The van der Waals surface area contributed by atoms with Crippen LogP contribution in [0.15, 0.2) is 36.1 Å². The summed E-state index contributed by atoms with van der Waals surface area (Å²) in [7, 11) is 0. The van der Waals surface area contributed by atoms with Crippen molar-refractivity contribution in [3.05, 3.63) is 36.1 Å². The summed E-state index contributed by atoms with van der Waals surface area (Å²) in [6.07, 6.45) is 14.8. The second kappa shape index (κ2) is 6.92. The molecule has 0 bridgehead atoms. The Morgan fingerprint density at radius 3 is 2.89 bits per heavy atom. The molecule has 1 saturated carbocycles. The molecule has 0 aromatic heterocycles. The zero-order valence-electron chi connectivity index (χ0n) is 11.7. The van der Waals surface area contributed by atoms with Crippen LogP contribution < -0.4 is 5.73 Å². The second-order valence-corrected chi connectivity index (χ2v) is 5.48. The van der Waals surface area contributed by atoms with E-state index in [1.807, 2.05) is 19.1 Å². The van der Waals surface area contributed by atoms with E-state index in [1.165, 1.54) is 6.42 Å². The normalized spacial score (nSPS) is 32.6. The van der Waals surface area contributed by atoms with Gasteiger partial charge in [-0.1, -0.05) is 18.2 Å². The lowest BCUT2D eigenvalue weighted by molar-refractivity contribution is 0.0315. The summed E-state index contributed by atoms with van der Waals surface area (Å²) in [5.74, 6) is 1.66. The van der Waals surface area contributed by atoms with E-state index >= 15 is 0 Å². The first kappa shape index (κ1) is 14.4. The van der Waals surface area contributed by atoms with Gasteiger partial charge in [-0.05, 0) is 50.7 Å². The molecular formula is C16H25NO2. The van der Waals surface area contributed by atoms with Crippen LogP contribution in [-0.4, -0.2) is 23.9 Å². The van der Waals surface area contributed by atoms with Crippen LogP contribution in [0.3, 0.4) is 0 Å². The Morgan fingerprint density at radius 2 is 2.37 bits per heavy atom. The van der Waals surface area contributed by atoms with Gasteiger partial charge in [0, 0.05) is 12.0 Å². The van der Waals surface area contributed by atoms with Crippen molar-refractivity contribution in [1.29, 1.82) is 0 Å². The molecule has 4 atom stereocenters. The molecule has 19 heavy (non-hydrogen) atoms. The van der Waals surface area contributed by atoms with Gasteiger partial charge < -0.3 is 15.6 Å². The molecule has 0 amide bonds. The molecule has 0 aromatic carbocycles. The number of allylic oxidation sites excluding steroid dienone is 3. The molecule has 106 valence electrons. The standard InChI is InChI=1S/C16H25NO2/c1-2-14(9-8-13-10-15(13)17)19-16(11-18)12-6-4-3-5-7-12/h2,4,6,8-9,12-13,15-16,18H,3,5,7,10-11,17H2,1H3/b9-8-,14-2-/t12-,13+,15?,16+/m1/s1. The molecule has 0 radical (unpaired) electrons. The minimum Gasteiger partial charge on any atom is -0.488 e. The number of nitrogens with two attached hydrogens (primary N) is 1. The molecule has 2 aliphatic carbocycles. The first-order valence-corrected chi connectivity index (χ1v) is 7.29. The monoisotopic (exact) mass is 263 g/mol. The largest absolute Gasteiger partial charge is 0.488 e. The van der Waals surface area contributed by atoms with E-state index in [0.717, 1.165) is 25.0 Å². The number of hydrogen-bond donors (Lipinski definition) is 2. The summed E-state index contributed by atoms with van der Waals surface area (Å²) < 4.78 is 5.93. The van der Waals surface area contributed by atoms with E-state index in [4.69, 9.17) is 10.5 Å². The molecule has 3 heteroatoms. The molecule has 1 unspecified atom stereocenters. The summed E-state index contributed by atoms with van der Waals surface area (Å²) in [6, 6.07) is 0.323. The van der Waals surface area contributed by atoms with E-state index < -0.39 is 0 Å². The number of rotatable bonds is 6. The average Bonchev–Trinajstić information content (AvgIpc) is 3.16. The molecule has 0 saturated heterocycles. The van der Waals surface area contributed by atoms with Crippen LogP contribution in [0.25, 0.3) is 0 Å². The van der Waals surface area contributed by atoms with E-state index in [-0.39, 0.29) is 12.7 Å². The minimum atomic E-state index is -0.139. The number of ether oxygens (including phenoxy) is 1. The molecule has 2 aliphatic rings. The van der Waals surface area contributed by atoms with Gasteiger partial charge in [-0.15, -0.1) is 0 Å². The fourth-order valence-corrected chi connectivity index (χ4v) is 2.46. The third-order valence-electron chi connectivity index (χ3n) is 3.92. The zero-order chi connectivity index (χ0) is 13.7. The molecule has 3 nitrogen and oxygen atoms in total. The Hall–Kier alpha value is -1.06. The maximum absolute atomic E-state index is 9.52. The van der Waals surface area contributed by atoms with Crippen molar-refractivity contribution in [3.8, 4) is 0 Å². The molecule has 3 N–H and O–H groups in total. The Kier molecular flexibility index (Phi) is 5.23. The Labute approximate surface area is 115 Å². The fraction of sp³-hybridized carbons (Fsp3) is 0.625. The molecule has 0 spiro atoms. The van der Waals surface area contributed by atoms with Gasteiger partial charge in [-0.3, -0.25) is 0 Å². The van der Waals surface area contributed by atoms with Gasteiger partial charge in [-0.2, -0.15) is 0 Å². The van der Waals surface area contributed by atoms with Crippen LogP contribution in [0.4, 0.5) is 0 Å². The van der Waals surface area contributed by atoms with E-state index in [9.17, 15) is 5.11 Å². The highest BCUT2D eigenvalue weighted by Crippen LogP contribution is 2.30. The lowest BCUT2D eigenvalue weighted by Gasteiger charge is -2.26. The third-order valence-corrected chi connectivity index (χ3v) is 3.92. The van der Waals surface area contributed by atoms with E-state index in [1.54, 1.807) is 0 Å². The summed E-state index contributed by atoms with van der Waals surface area (Å²) in [4.78, 5) is 0. The SMILES string of the molecule is C/C=C(/C=C\[C@H]1CC1N)O[C@@H](CO)[C@@H]1C=CCCC1. The zero-order valence-corrected chi connectivity index (χ0v) is 11.7. The Bertz CT molecular complexity index is 373. The van der Waals surface area contributed by atoms with Gasteiger partial charge in [0.05, 0.1) is 6.61 Å². The smallest absolute Gasteiger partial charge is 0.128 e. The fourth-order valence-electron chi connectivity index (χ4n) is 2.46. The van der Waals surface area contributed by atoms with Crippen molar-refractivity contribution >= 4 is 0 Å². The van der Waals surface area contributed by atoms with Gasteiger partial charge in [0.1, 0.15) is 11.9 Å². The van der Waals surface area contributed by atoms with Crippen molar-refractivity contribution in [3.63, 3.8) is 0 Å². The van der Waals surface area contributed by atoms with Crippen molar-refractivity contribution in [2.75, 3.05) is 6.61 Å². The van der Waals surface area contributed by atoms with Crippen LogP contribution in [0, 0.1) is 11.8 Å². The lowest BCUT2D eigenvalue weighted by Crippen LogP contribution is -2.27. The molecule has 1 fully saturated rings. The summed E-state index contributed by atoms with van der Waals surface area (Å²) in [6.45, 7) is 2.01. The quantitative estimate of drug-likeness (QED) is 0.440. The van der Waals surface area contributed by atoms with Gasteiger partial charge in [0.25, 0.3) is 0 Å². The average molecular weight is 263 g/mol. The summed E-state index contributed by atoms with van der Waals surface area (Å²) in [5.41, 5.74) is 5.78. The van der Waals surface area contributed by atoms with Crippen molar-refractivity contribution < 1.29 is 9.84 Å². The van der Waals surface area contributed by atoms with Crippen molar-refractivity contribution in [2.45, 2.75) is 44.8 Å². The highest BCUT2D eigenvalue weighted by atomic mass is 16.5. The molecule has 0 aliphatic heterocycles. The topological polar surface area (TPSA) is 55.5 Å². The number of aliphatic hydroxyl groups is 1. The highest BCUT2D eigenvalue weighted by molar-refractivity contribution is 5.17. The van der Waals surface area contributed by atoms with Gasteiger partial charge in [-0.25, -0.2) is 0 Å². The maximum atomic E-state index is 9.52. The summed E-state index contributed by atoms with van der Waals surface area (Å²) >= 11 is 0. The van der Waals surface area contributed by atoms with Crippen LogP contribution in [0.5, 0.6) is 0 Å². The maximum Gasteiger partial charge on any atom is 0.128 e. The van der Waals surface area contributed by atoms with Gasteiger partial charge in [0.15, 0.2) is 0 Å². The third kappa shape index (κ3) is 4.22. The highest BCUT2D eigenvalue weighted by Gasteiger charge is 2.30. The van der Waals surface area contributed by atoms with Crippen LogP contribution >= 0.6 is 0 Å². The predicted molar refractivity (Wildman–Crippen MR) is 77.4 cm³/mol. The molecule has 0 aromatic rings. The Morgan fingerprint density at radius 1 is 1.58 bits per heavy atom. The summed E-state index contributed by atoms with van der Waals surface area (Å²) in [5, 5.41) is 9.52. The predicted octanol–water partition coefficient (Wildman–Crippen LogP) is 2.53. The van der Waals surface area contributed by atoms with Crippen LogP contribution in [0.1, 0.15) is 32.6 Å². The van der Waals surface area contributed by atoms with E-state index in [2.05, 4.69) is 18.2 Å². The minimum absolute atomic E-state index is 0.0587. The molecule has 0 heterocycles. The van der Waals surface area contributed by atoms with Crippen molar-refractivity contribution in [2.24, 2.45) is 17.6 Å². The lowest BCUT2D eigenvalue weighted by atomic mass is 9.91. The van der Waals surface area contributed by atoms with Crippen LogP contribution in [0.2, 0.25) is 0 Å². The van der Waals surface area contributed by atoms with Crippen LogP contribution in [-0.2, 0) is 4.74 Å². The number of hydrogen-bond acceptors (Lipinski definition) is 3. The number of aliphatic hydroxyl groups excluding tert-OH is 1. The van der Waals surface area contributed by atoms with Gasteiger partial charge >= 0.3 is 0 Å².